The van der Waals surface area contributed by atoms with Crippen molar-refractivity contribution in [3.8, 4) is 5.75 Å². The Morgan fingerprint density at radius 2 is 1.50 bits per heavy atom. The summed E-state index contributed by atoms with van der Waals surface area (Å²) in [6.07, 6.45) is 0.747. The standard InChI is InChI=1S/C35H37F2N3O5S/c1-3-22-38-35(42)33(23-26-10-6-5-7-11-26)39(24-27-12-8-9-13-32(27)37)34(41)25-40(29-16-18-30(19-17-29)45-4-2)46(43,44)31-20-14-28(36)15-21-31/h5-21,33H,3-4,22-25H2,1-2H3,(H,38,42)/t33-/m0/s1. The van der Waals surface area contributed by atoms with E-state index >= 15 is 0 Å². The summed E-state index contributed by atoms with van der Waals surface area (Å²) in [6, 6.07) is 24.3. The molecule has 0 saturated heterocycles. The van der Waals surface area contributed by atoms with Crippen LogP contribution in [0.4, 0.5) is 14.5 Å². The quantitative estimate of drug-likeness (QED) is 0.178. The fourth-order valence-corrected chi connectivity index (χ4v) is 6.28. The van der Waals surface area contributed by atoms with E-state index in [1.807, 2.05) is 44.2 Å². The number of carbonyl (C=O) groups is 2. The molecule has 4 aromatic rings. The van der Waals surface area contributed by atoms with Gasteiger partial charge in [0, 0.05) is 25.1 Å². The molecule has 0 unspecified atom stereocenters. The lowest BCUT2D eigenvalue weighted by Crippen LogP contribution is -2.53. The summed E-state index contributed by atoms with van der Waals surface area (Å²) in [7, 11) is -4.42. The minimum absolute atomic E-state index is 0.102. The van der Waals surface area contributed by atoms with Gasteiger partial charge in [0.2, 0.25) is 11.8 Å². The van der Waals surface area contributed by atoms with E-state index < -0.39 is 46.1 Å². The fourth-order valence-electron chi connectivity index (χ4n) is 4.87. The number of rotatable bonds is 15. The summed E-state index contributed by atoms with van der Waals surface area (Å²) in [4.78, 5) is 29.0. The van der Waals surface area contributed by atoms with Crippen molar-refractivity contribution in [3.63, 3.8) is 0 Å². The Labute approximate surface area is 268 Å². The van der Waals surface area contributed by atoms with E-state index in [1.165, 1.54) is 35.2 Å². The molecule has 4 aromatic carbocycles. The summed E-state index contributed by atoms with van der Waals surface area (Å²) < 4.78 is 63.2. The molecule has 0 aliphatic rings. The monoisotopic (exact) mass is 649 g/mol. The Hall–Kier alpha value is -4.77. The molecule has 0 fully saturated rings. The zero-order valence-electron chi connectivity index (χ0n) is 25.7. The normalized spacial score (nSPS) is 11.8. The molecule has 46 heavy (non-hydrogen) atoms. The van der Waals surface area contributed by atoms with Gasteiger partial charge in [-0.1, -0.05) is 55.5 Å². The van der Waals surface area contributed by atoms with Crippen LogP contribution in [0.2, 0.25) is 0 Å². The van der Waals surface area contributed by atoms with Gasteiger partial charge in [-0.25, -0.2) is 17.2 Å². The summed E-state index contributed by atoms with van der Waals surface area (Å²) in [5.74, 6) is -1.90. The number of benzene rings is 4. The van der Waals surface area contributed by atoms with Gasteiger partial charge in [0.15, 0.2) is 0 Å². The van der Waals surface area contributed by atoms with Crippen molar-refractivity contribution < 1.29 is 31.5 Å². The van der Waals surface area contributed by atoms with Gasteiger partial charge in [0.1, 0.15) is 30.0 Å². The summed E-state index contributed by atoms with van der Waals surface area (Å²) in [6.45, 7) is 3.42. The molecule has 0 heterocycles. The first-order valence-electron chi connectivity index (χ1n) is 15.0. The van der Waals surface area contributed by atoms with Gasteiger partial charge in [0.05, 0.1) is 17.2 Å². The highest BCUT2D eigenvalue weighted by Crippen LogP contribution is 2.27. The first kappa shape index (κ1) is 34.1. The second kappa shape index (κ2) is 16.0. The number of ether oxygens (including phenoxy) is 1. The Morgan fingerprint density at radius 1 is 0.848 bits per heavy atom. The average Bonchev–Trinajstić information content (AvgIpc) is 3.06. The van der Waals surface area contributed by atoms with E-state index in [-0.39, 0.29) is 29.1 Å². The van der Waals surface area contributed by atoms with Crippen LogP contribution in [-0.2, 0) is 32.6 Å². The zero-order valence-corrected chi connectivity index (χ0v) is 26.6. The Bertz CT molecular complexity index is 1700. The highest BCUT2D eigenvalue weighted by molar-refractivity contribution is 7.92. The van der Waals surface area contributed by atoms with E-state index in [2.05, 4.69) is 5.32 Å². The average molecular weight is 650 g/mol. The molecule has 242 valence electrons. The molecule has 0 spiro atoms. The van der Waals surface area contributed by atoms with Gasteiger partial charge in [-0.2, -0.15) is 0 Å². The third kappa shape index (κ3) is 8.69. The molecule has 11 heteroatoms. The number of sulfonamides is 1. The summed E-state index contributed by atoms with van der Waals surface area (Å²) in [5, 5.41) is 2.85. The van der Waals surface area contributed by atoms with Crippen LogP contribution in [0.25, 0.3) is 0 Å². The van der Waals surface area contributed by atoms with Crippen LogP contribution in [0.3, 0.4) is 0 Å². The molecule has 0 bridgehead atoms. The number of carbonyl (C=O) groups excluding carboxylic acids is 2. The summed E-state index contributed by atoms with van der Waals surface area (Å²) in [5.41, 5.74) is 1.06. The predicted octanol–water partition coefficient (Wildman–Crippen LogP) is 5.73. The zero-order chi connectivity index (χ0) is 33.1. The lowest BCUT2D eigenvalue weighted by Gasteiger charge is -2.34. The van der Waals surface area contributed by atoms with Crippen LogP contribution in [0.1, 0.15) is 31.4 Å². The van der Waals surface area contributed by atoms with E-state index in [0.29, 0.717) is 25.3 Å². The van der Waals surface area contributed by atoms with Crippen LogP contribution >= 0.6 is 0 Å². The topological polar surface area (TPSA) is 96.0 Å². The van der Waals surface area contributed by atoms with Gasteiger partial charge in [0.25, 0.3) is 10.0 Å². The van der Waals surface area contributed by atoms with Crippen LogP contribution in [0.15, 0.2) is 108 Å². The first-order chi connectivity index (χ1) is 22.1. The van der Waals surface area contributed by atoms with Crippen molar-refractivity contribution in [1.29, 1.82) is 0 Å². The molecule has 0 aliphatic carbocycles. The molecule has 1 atom stereocenters. The van der Waals surface area contributed by atoms with Crippen molar-refractivity contribution in [2.24, 2.45) is 0 Å². The van der Waals surface area contributed by atoms with E-state index in [0.717, 1.165) is 34.1 Å². The molecule has 1 N–H and O–H groups in total. The third-order valence-corrected chi connectivity index (χ3v) is 9.02. The highest BCUT2D eigenvalue weighted by atomic mass is 32.2. The Kier molecular flexibility index (Phi) is 11.9. The smallest absolute Gasteiger partial charge is 0.264 e. The number of halogens is 2. The van der Waals surface area contributed by atoms with Gasteiger partial charge in [-0.15, -0.1) is 0 Å². The third-order valence-electron chi connectivity index (χ3n) is 7.24. The van der Waals surface area contributed by atoms with Gasteiger partial charge in [-0.05, 0) is 73.5 Å². The van der Waals surface area contributed by atoms with Crippen molar-refractivity contribution in [1.82, 2.24) is 10.2 Å². The highest BCUT2D eigenvalue weighted by Gasteiger charge is 2.35. The number of nitrogens with zero attached hydrogens (tertiary/aromatic N) is 2. The van der Waals surface area contributed by atoms with Crippen molar-refractivity contribution >= 4 is 27.5 Å². The van der Waals surface area contributed by atoms with Crippen molar-refractivity contribution in [3.05, 3.63) is 126 Å². The maximum atomic E-state index is 15.0. The van der Waals surface area contributed by atoms with Gasteiger partial charge < -0.3 is 15.0 Å². The second-order valence-electron chi connectivity index (χ2n) is 10.5. The minimum atomic E-state index is -4.42. The number of hydrogen-bond donors (Lipinski definition) is 1. The van der Waals surface area contributed by atoms with E-state index in [4.69, 9.17) is 4.74 Å². The molecule has 0 saturated carbocycles. The minimum Gasteiger partial charge on any atom is -0.494 e. The van der Waals surface area contributed by atoms with Crippen LogP contribution < -0.4 is 14.4 Å². The number of hydrogen-bond acceptors (Lipinski definition) is 5. The van der Waals surface area contributed by atoms with E-state index in [1.54, 1.807) is 18.2 Å². The van der Waals surface area contributed by atoms with Crippen LogP contribution in [0, 0.1) is 11.6 Å². The molecule has 8 nitrogen and oxygen atoms in total. The van der Waals surface area contributed by atoms with Gasteiger partial charge in [-0.3, -0.25) is 13.9 Å². The molecule has 2 amide bonds. The fraction of sp³-hybridized carbons (Fsp3) is 0.257. The lowest BCUT2D eigenvalue weighted by molar-refractivity contribution is -0.140. The predicted molar refractivity (Wildman–Crippen MR) is 173 cm³/mol. The molecule has 0 radical (unpaired) electrons. The second-order valence-corrected chi connectivity index (χ2v) is 12.4. The number of nitrogens with one attached hydrogen (secondary N) is 1. The SMILES string of the molecule is CCCNC(=O)[C@H](Cc1ccccc1)N(Cc1ccccc1F)C(=O)CN(c1ccc(OCC)cc1)S(=O)(=O)c1ccc(F)cc1. The lowest BCUT2D eigenvalue weighted by atomic mass is 10.0. The molecule has 0 aromatic heterocycles. The Morgan fingerprint density at radius 3 is 2.13 bits per heavy atom. The maximum Gasteiger partial charge on any atom is 0.264 e. The van der Waals surface area contributed by atoms with Crippen LogP contribution in [-0.4, -0.2) is 50.9 Å². The summed E-state index contributed by atoms with van der Waals surface area (Å²) >= 11 is 0. The molecule has 4 rings (SSSR count). The van der Waals surface area contributed by atoms with Crippen molar-refractivity contribution in [2.75, 3.05) is 24.0 Å². The maximum absolute atomic E-state index is 15.0. The molecular formula is C35H37F2N3O5S. The van der Waals surface area contributed by atoms with Crippen LogP contribution in [0.5, 0.6) is 5.75 Å². The molecule has 0 aliphatic heterocycles. The number of amides is 2. The van der Waals surface area contributed by atoms with Gasteiger partial charge >= 0.3 is 0 Å². The Balaban J connectivity index is 1.80. The van der Waals surface area contributed by atoms with E-state index in [9.17, 15) is 26.8 Å². The molecular weight excluding hydrogens is 612 g/mol. The number of anilines is 1. The van der Waals surface area contributed by atoms with Crippen molar-refractivity contribution in [2.45, 2.75) is 44.2 Å². The largest absolute Gasteiger partial charge is 0.494 e. The first-order valence-corrected chi connectivity index (χ1v) is 16.4.